The third-order valence-corrected chi connectivity index (χ3v) is 7.33. The van der Waals surface area contributed by atoms with Gasteiger partial charge in [-0.1, -0.05) is 60.2 Å². The minimum atomic E-state index is -3.55. The van der Waals surface area contributed by atoms with Crippen molar-refractivity contribution in [2.75, 3.05) is 15.9 Å². The highest BCUT2D eigenvalue weighted by molar-refractivity contribution is 7.92. The monoisotopic (exact) mass is 554 g/mol. The van der Waals surface area contributed by atoms with E-state index in [1.165, 1.54) is 4.31 Å². The zero-order valence-electron chi connectivity index (χ0n) is 22.5. The van der Waals surface area contributed by atoms with E-state index in [1.54, 1.807) is 79.7 Å². The van der Waals surface area contributed by atoms with Crippen LogP contribution in [-0.4, -0.2) is 32.2 Å². The first kappa shape index (κ1) is 28.3. The van der Waals surface area contributed by atoms with E-state index in [9.17, 15) is 18.0 Å². The third-order valence-electron chi connectivity index (χ3n) is 6.19. The number of hydrazone groups is 1. The number of sulfonamides is 1. The minimum Gasteiger partial charge on any atom is -0.322 e. The van der Waals surface area contributed by atoms with E-state index in [1.807, 2.05) is 37.3 Å². The lowest BCUT2D eigenvalue weighted by atomic mass is 10.1. The summed E-state index contributed by atoms with van der Waals surface area (Å²) >= 11 is 0. The number of aryl methyl sites for hydroxylation is 1. The van der Waals surface area contributed by atoms with Crippen LogP contribution in [0.15, 0.2) is 108 Å². The van der Waals surface area contributed by atoms with Crippen molar-refractivity contribution in [3.8, 4) is 0 Å². The van der Waals surface area contributed by atoms with Gasteiger partial charge in [0.1, 0.15) is 0 Å². The van der Waals surface area contributed by atoms with Crippen molar-refractivity contribution in [2.45, 2.75) is 20.4 Å². The molecule has 2 N–H and O–H groups in total. The number of anilines is 2. The van der Waals surface area contributed by atoms with Crippen molar-refractivity contribution in [2.24, 2.45) is 5.10 Å². The number of hydrogen-bond acceptors (Lipinski definition) is 5. The molecule has 0 saturated carbocycles. The van der Waals surface area contributed by atoms with Gasteiger partial charge in [0, 0.05) is 16.8 Å². The summed E-state index contributed by atoms with van der Waals surface area (Å²) in [5.41, 5.74) is 7.83. The van der Waals surface area contributed by atoms with Gasteiger partial charge in [-0.3, -0.25) is 13.9 Å². The smallest absolute Gasteiger partial charge is 0.271 e. The van der Waals surface area contributed by atoms with Gasteiger partial charge in [0.25, 0.3) is 11.8 Å². The molecule has 0 spiro atoms. The molecule has 40 heavy (non-hydrogen) atoms. The molecular weight excluding hydrogens is 524 g/mol. The summed E-state index contributed by atoms with van der Waals surface area (Å²) in [5, 5.41) is 7.04. The van der Waals surface area contributed by atoms with Crippen LogP contribution in [0.3, 0.4) is 0 Å². The van der Waals surface area contributed by atoms with Gasteiger partial charge in [-0.2, -0.15) is 5.10 Å². The average Bonchev–Trinajstić information content (AvgIpc) is 2.95. The van der Waals surface area contributed by atoms with Crippen LogP contribution >= 0.6 is 0 Å². The summed E-state index contributed by atoms with van der Waals surface area (Å²) in [6, 6.07) is 30.0. The highest BCUT2D eigenvalue weighted by atomic mass is 32.2. The van der Waals surface area contributed by atoms with Gasteiger partial charge in [0.2, 0.25) is 10.0 Å². The normalized spacial score (nSPS) is 11.5. The molecule has 9 heteroatoms. The molecule has 0 radical (unpaired) electrons. The van der Waals surface area contributed by atoms with Gasteiger partial charge < -0.3 is 5.32 Å². The van der Waals surface area contributed by atoms with Gasteiger partial charge >= 0.3 is 0 Å². The molecule has 0 atom stereocenters. The van der Waals surface area contributed by atoms with Crippen LogP contribution in [-0.2, 0) is 16.6 Å². The Morgan fingerprint density at radius 3 is 1.93 bits per heavy atom. The van der Waals surface area contributed by atoms with Crippen molar-refractivity contribution >= 4 is 38.9 Å². The molecule has 0 aliphatic carbocycles. The predicted octanol–water partition coefficient (Wildman–Crippen LogP) is 5.37. The Labute approximate surface area is 234 Å². The summed E-state index contributed by atoms with van der Waals surface area (Å²) in [5.74, 6) is -0.631. The quantitative estimate of drug-likeness (QED) is 0.214. The molecular formula is C31H30N4O4S. The standard InChI is InChI=1S/C31H30N4O4S/c1-22-9-11-24(12-10-22)21-35(40(3,38)39)29-19-15-27(16-20-29)31(37)34-33-23(2)25-13-17-28(18-14-25)32-30(36)26-7-5-4-6-8-26/h4-20H,21H2,1-3H3,(H,32,36)(H,34,37)/b33-23-. The Hall–Kier alpha value is -4.76. The molecule has 0 saturated heterocycles. The molecule has 0 unspecified atom stereocenters. The molecule has 0 aromatic heterocycles. The van der Waals surface area contributed by atoms with E-state index in [2.05, 4.69) is 15.8 Å². The molecule has 0 aliphatic rings. The van der Waals surface area contributed by atoms with Gasteiger partial charge in [-0.05, 0) is 73.5 Å². The lowest BCUT2D eigenvalue weighted by Crippen LogP contribution is -2.29. The van der Waals surface area contributed by atoms with Crippen LogP contribution in [0.25, 0.3) is 0 Å². The molecule has 2 amide bonds. The van der Waals surface area contributed by atoms with Crippen molar-refractivity contribution in [1.29, 1.82) is 0 Å². The van der Waals surface area contributed by atoms with Crippen molar-refractivity contribution in [3.63, 3.8) is 0 Å². The second-order valence-corrected chi connectivity index (χ2v) is 11.2. The highest BCUT2D eigenvalue weighted by Gasteiger charge is 2.18. The Kier molecular flexibility index (Phi) is 8.76. The number of nitrogens with one attached hydrogen (secondary N) is 2. The van der Waals surface area contributed by atoms with Crippen LogP contribution in [0.5, 0.6) is 0 Å². The number of benzene rings is 4. The lowest BCUT2D eigenvalue weighted by Gasteiger charge is -2.22. The van der Waals surface area contributed by atoms with Crippen molar-refractivity contribution in [1.82, 2.24) is 5.43 Å². The Morgan fingerprint density at radius 1 is 0.750 bits per heavy atom. The molecule has 0 aliphatic heterocycles. The molecule has 8 nitrogen and oxygen atoms in total. The fourth-order valence-electron chi connectivity index (χ4n) is 3.89. The van der Waals surface area contributed by atoms with Crippen molar-refractivity contribution in [3.05, 3.63) is 131 Å². The summed E-state index contributed by atoms with van der Waals surface area (Å²) in [6.07, 6.45) is 1.16. The fraction of sp³-hybridized carbons (Fsp3) is 0.129. The maximum atomic E-state index is 12.7. The second-order valence-electron chi connectivity index (χ2n) is 9.34. The largest absolute Gasteiger partial charge is 0.322 e. The summed E-state index contributed by atoms with van der Waals surface area (Å²) in [7, 11) is -3.55. The SMILES string of the molecule is C/C(=N/NC(=O)c1ccc(N(Cc2ccc(C)cc2)S(C)(=O)=O)cc1)c1ccc(NC(=O)c2ccccc2)cc1. The van der Waals surface area contributed by atoms with Gasteiger partial charge in [-0.15, -0.1) is 0 Å². The van der Waals surface area contributed by atoms with Crippen molar-refractivity contribution < 1.29 is 18.0 Å². The molecule has 4 aromatic carbocycles. The third kappa shape index (κ3) is 7.42. The van der Waals surface area contributed by atoms with E-state index < -0.39 is 15.9 Å². The molecule has 4 aromatic rings. The first-order valence-corrected chi connectivity index (χ1v) is 14.4. The molecule has 4 rings (SSSR count). The number of amides is 2. The van der Waals surface area contributed by atoms with Crippen LogP contribution < -0.4 is 15.0 Å². The molecule has 204 valence electrons. The van der Waals surface area contributed by atoms with E-state index in [0.717, 1.165) is 22.9 Å². The summed E-state index contributed by atoms with van der Waals surface area (Å²) < 4.78 is 26.3. The van der Waals surface area contributed by atoms with E-state index in [-0.39, 0.29) is 12.5 Å². The van der Waals surface area contributed by atoms with E-state index in [0.29, 0.717) is 28.2 Å². The van der Waals surface area contributed by atoms with E-state index >= 15 is 0 Å². The molecule has 0 heterocycles. The number of carbonyl (C=O) groups excluding carboxylic acids is 2. The van der Waals surface area contributed by atoms with Crippen LogP contribution in [0, 0.1) is 6.92 Å². The zero-order chi connectivity index (χ0) is 28.7. The number of nitrogens with zero attached hydrogens (tertiary/aromatic N) is 2. The predicted molar refractivity (Wildman–Crippen MR) is 159 cm³/mol. The fourth-order valence-corrected chi connectivity index (χ4v) is 4.78. The Balaban J connectivity index is 1.39. The first-order chi connectivity index (χ1) is 19.1. The number of hydrogen-bond donors (Lipinski definition) is 2. The summed E-state index contributed by atoms with van der Waals surface area (Å²) in [6.45, 7) is 3.91. The van der Waals surface area contributed by atoms with E-state index in [4.69, 9.17) is 0 Å². The number of rotatable bonds is 9. The maximum absolute atomic E-state index is 12.7. The number of carbonyl (C=O) groups is 2. The van der Waals surface area contributed by atoms with Gasteiger partial charge in [0.15, 0.2) is 0 Å². The molecule has 0 fully saturated rings. The van der Waals surface area contributed by atoms with Crippen LogP contribution in [0.2, 0.25) is 0 Å². The van der Waals surface area contributed by atoms with Gasteiger partial charge in [0.05, 0.1) is 24.2 Å². The zero-order valence-corrected chi connectivity index (χ0v) is 23.3. The summed E-state index contributed by atoms with van der Waals surface area (Å²) in [4.78, 5) is 25.0. The van der Waals surface area contributed by atoms with Gasteiger partial charge in [-0.25, -0.2) is 13.8 Å². The lowest BCUT2D eigenvalue weighted by molar-refractivity contribution is 0.0954. The van der Waals surface area contributed by atoms with Crippen LogP contribution in [0.1, 0.15) is 44.3 Å². The first-order valence-electron chi connectivity index (χ1n) is 12.5. The minimum absolute atomic E-state index is 0.183. The topological polar surface area (TPSA) is 108 Å². The van der Waals surface area contributed by atoms with Crippen LogP contribution in [0.4, 0.5) is 11.4 Å². The maximum Gasteiger partial charge on any atom is 0.271 e. The Bertz CT molecular complexity index is 1620. The highest BCUT2D eigenvalue weighted by Crippen LogP contribution is 2.22. The molecule has 0 bridgehead atoms. The second kappa shape index (κ2) is 12.4. The Morgan fingerprint density at radius 2 is 1.32 bits per heavy atom. The average molecular weight is 555 g/mol.